The average Bonchev–Trinajstić information content (AvgIpc) is 2.19. The first-order valence-corrected chi connectivity index (χ1v) is 4.40. The molecule has 1 aromatic heterocycles. The van der Waals surface area contributed by atoms with Crippen LogP contribution in [0, 0.1) is 0 Å². The van der Waals surface area contributed by atoms with Crippen LogP contribution in [0.1, 0.15) is 16.1 Å². The van der Waals surface area contributed by atoms with E-state index in [0.717, 1.165) is 6.07 Å². The molecule has 0 fully saturated rings. The molecule has 0 spiro atoms. The number of nitrogens with zero attached hydrogens (tertiary/aromatic N) is 1. The van der Waals surface area contributed by atoms with Gasteiger partial charge in [-0.3, -0.25) is 4.79 Å². The van der Waals surface area contributed by atoms with Crippen LogP contribution in [0.5, 0.6) is 11.6 Å². The molecule has 4 nitrogen and oxygen atoms in total. The number of halogens is 4. The second-order valence-corrected chi connectivity index (χ2v) is 2.92. The van der Waals surface area contributed by atoms with E-state index in [0.29, 0.717) is 0 Å². The number of hydrogen-bond acceptors (Lipinski definition) is 4. The summed E-state index contributed by atoms with van der Waals surface area (Å²) in [7, 11) is 0. The Morgan fingerprint density at radius 1 is 1.56 bits per heavy atom. The van der Waals surface area contributed by atoms with Gasteiger partial charge in [0.1, 0.15) is 0 Å². The summed E-state index contributed by atoms with van der Waals surface area (Å²) in [6, 6.07) is 1.07. The second-order valence-electron chi connectivity index (χ2n) is 2.66. The van der Waals surface area contributed by atoms with E-state index in [4.69, 9.17) is 11.6 Å². The number of rotatable bonds is 3. The van der Waals surface area contributed by atoms with Crippen LogP contribution in [0.4, 0.5) is 13.2 Å². The summed E-state index contributed by atoms with van der Waals surface area (Å²) < 4.78 is 39.1. The van der Waals surface area contributed by atoms with Crippen molar-refractivity contribution in [1.82, 2.24) is 4.98 Å². The molecule has 88 valence electrons. The highest BCUT2D eigenvalue weighted by Crippen LogP contribution is 2.32. The van der Waals surface area contributed by atoms with Gasteiger partial charge in [-0.25, -0.2) is 4.98 Å². The van der Waals surface area contributed by atoms with E-state index >= 15 is 0 Å². The van der Waals surface area contributed by atoms with Gasteiger partial charge in [-0.1, -0.05) is 0 Å². The molecule has 0 radical (unpaired) electrons. The molecular formula is C8H5ClF3NO3. The number of carbonyl (C=O) groups is 1. The molecule has 0 atom stereocenters. The molecule has 0 amide bonds. The molecule has 16 heavy (non-hydrogen) atoms. The van der Waals surface area contributed by atoms with Crippen LogP contribution in [-0.4, -0.2) is 22.7 Å². The Labute approximate surface area is 92.6 Å². The molecule has 1 rings (SSSR count). The molecule has 0 aromatic carbocycles. The van der Waals surface area contributed by atoms with Crippen molar-refractivity contribution in [2.45, 2.75) is 12.2 Å². The molecule has 1 N–H and O–H groups in total. The first-order chi connectivity index (χ1) is 7.37. The third kappa shape index (κ3) is 2.99. The molecule has 0 aliphatic rings. The van der Waals surface area contributed by atoms with Gasteiger partial charge in [-0.15, -0.1) is 24.8 Å². The number of alkyl halides is 4. The van der Waals surface area contributed by atoms with Crippen molar-refractivity contribution in [3.63, 3.8) is 0 Å². The Balaban J connectivity index is 3.21. The largest absolute Gasteiger partial charge is 0.574 e. The highest BCUT2D eigenvalue weighted by molar-refractivity contribution is 6.16. The Kier molecular flexibility index (Phi) is 3.58. The number of aromatic hydroxyl groups is 1. The number of aldehydes is 1. The highest BCUT2D eigenvalue weighted by Gasteiger charge is 2.33. The Morgan fingerprint density at radius 2 is 2.19 bits per heavy atom. The zero-order valence-corrected chi connectivity index (χ0v) is 8.34. The van der Waals surface area contributed by atoms with Crippen LogP contribution < -0.4 is 4.74 Å². The first kappa shape index (κ1) is 12.6. The third-order valence-electron chi connectivity index (χ3n) is 1.52. The van der Waals surface area contributed by atoms with Gasteiger partial charge in [0, 0.05) is 0 Å². The topological polar surface area (TPSA) is 59.4 Å². The van der Waals surface area contributed by atoms with E-state index in [-0.39, 0.29) is 23.4 Å². The summed E-state index contributed by atoms with van der Waals surface area (Å²) >= 11 is 5.35. The van der Waals surface area contributed by atoms with Crippen molar-refractivity contribution in [2.24, 2.45) is 0 Å². The minimum atomic E-state index is -5.00. The van der Waals surface area contributed by atoms with Crippen molar-refractivity contribution < 1.29 is 27.8 Å². The molecule has 1 heterocycles. The Bertz CT molecular complexity index is 408. The zero-order chi connectivity index (χ0) is 12.3. The summed E-state index contributed by atoms with van der Waals surface area (Å²) in [6.45, 7) is 0. The summed E-state index contributed by atoms with van der Waals surface area (Å²) in [5.74, 6) is -2.27. The number of ether oxygens (including phenoxy) is 1. The predicted molar refractivity (Wildman–Crippen MR) is 47.5 cm³/mol. The number of aromatic nitrogens is 1. The van der Waals surface area contributed by atoms with Crippen molar-refractivity contribution in [3.05, 3.63) is 17.3 Å². The van der Waals surface area contributed by atoms with Crippen LogP contribution in [0.15, 0.2) is 6.07 Å². The SMILES string of the molecule is O=Cc1cc(CCl)nc(OC(F)(F)F)c1O. The Morgan fingerprint density at radius 3 is 2.62 bits per heavy atom. The second kappa shape index (κ2) is 4.56. The summed E-state index contributed by atoms with van der Waals surface area (Å²) in [4.78, 5) is 13.7. The Hall–Kier alpha value is -1.50. The minimum absolute atomic E-state index is 0.0131. The maximum absolute atomic E-state index is 11.9. The van der Waals surface area contributed by atoms with E-state index in [9.17, 15) is 23.1 Å². The molecule has 0 saturated heterocycles. The summed E-state index contributed by atoms with van der Waals surface area (Å²) in [6.07, 6.45) is -4.83. The standard InChI is InChI=1S/C8H5ClF3NO3/c9-2-5-1-4(3-14)6(15)7(13-5)16-8(10,11)12/h1,3,15H,2H2. The zero-order valence-electron chi connectivity index (χ0n) is 7.58. The lowest BCUT2D eigenvalue weighted by Crippen LogP contribution is -2.18. The lowest BCUT2D eigenvalue weighted by atomic mass is 10.2. The molecule has 0 bridgehead atoms. The van der Waals surface area contributed by atoms with E-state index in [1.807, 2.05) is 0 Å². The fourth-order valence-corrected chi connectivity index (χ4v) is 1.06. The lowest BCUT2D eigenvalue weighted by Gasteiger charge is -2.11. The van der Waals surface area contributed by atoms with Gasteiger partial charge in [0.05, 0.1) is 17.1 Å². The van der Waals surface area contributed by atoms with E-state index < -0.39 is 18.0 Å². The fourth-order valence-electron chi connectivity index (χ4n) is 0.926. The molecule has 0 saturated carbocycles. The molecule has 0 unspecified atom stereocenters. The van der Waals surface area contributed by atoms with Crippen molar-refractivity contribution in [2.75, 3.05) is 0 Å². The fraction of sp³-hybridized carbons (Fsp3) is 0.250. The van der Waals surface area contributed by atoms with Gasteiger partial charge < -0.3 is 9.84 Å². The van der Waals surface area contributed by atoms with E-state index in [1.165, 1.54) is 0 Å². The van der Waals surface area contributed by atoms with Gasteiger partial charge >= 0.3 is 6.36 Å². The average molecular weight is 256 g/mol. The van der Waals surface area contributed by atoms with Gasteiger partial charge in [0.2, 0.25) is 0 Å². The van der Waals surface area contributed by atoms with Gasteiger partial charge in [-0.05, 0) is 6.07 Å². The minimum Gasteiger partial charge on any atom is -0.503 e. The van der Waals surface area contributed by atoms with Crippen molar-refractivity contribution >= 4 is 17.9 Å². The van der Waals surface area contributed by atoms with Crippen LogP contribution in [0.25, 0.3) is 0 Å². The van der Waals surface area contributed by atoms with Gasteiger partial charge in [-0.2, -0.15) is 0 Å². The molecule has 0 aliphatic carbocycles. The number of pyridine rings is 1. The highest BCUT2D eigenvalue weighted by atomic mass is 35.5. The van der Waals surface area contributed by atoms with Gasteiger partial charge in [0.15, 0.2) is 12.0 Å². The lowest BCUT2D eigenvalue weighted by molar-refractivity contribution is -0.276. The summed E-state index contributed by atoms with van der Waals surface area (Å²) in [5.41, 5.74) is -0.384. The van der Waals surface area contributed by atoms with E-state index in [2.05, 4.69) is 9.72 Å². The third-order valence-corrected chi connectivity index (χ3v) is 1.79. The van der Waals surface area contributed by atoms with Crippen LogP contribution in [-0.2, 0) is 5.88 Å². The molecule has 1 aromatic rings. The van der Waals surface area contributed by atoms with Gasteiger partial charge in [0.25, 0.3) is 5.88 Å². The number of carbonyl (C=O) groups excluding carboxylic acids is 1. The molecule has 0 aliphatic heterocycles. The van der Waals surface area contributed by atoms with Crippen molar-refractivity contribution in [1.29, 1.82) is 0 Å². The molecular weight excluding hydrogens is 251 g/mol. The normalized spacial score (nSPS) is 11.2. The monoisotopic (exact) mass is 255 g/mol. The predicted octanol–water partition coefficient (Wildman–Crippen LogP) is 2.24. The maximum atomic E-state index is 11.9. The van der Waals surface area contributed by atoms with Crippen LogP contribution >= 0.6 is 11.6 Å². The summed E-state index contributed by atoms with van der Waals surface area (Å²) in [5, 5.41) is 9.21. The van der Waals surface area contributed by atoms with Crippen LogP contribution in [0.3, 0.4) is 0 Å². The van der Waals surface area contributed by atoms with Crippen LogP contribution in [0.2, 0.25) is 0 Å². The maximum Gasteiger partial charge on any atom is 0.574 e. The quantitative estimate of drug-likeness (QED) is 0.665. The van der Waals surface area contributed by atoms with E-state index in [1.54, 1.807) is 0 Å². The first-order valence-electron chi connectivity index (χ1n) is 3.87. The number of hydrogen-bond donors (Lipinski definition) is 1. The van der Waals surface area contributed by atoms with Crippen molar-refractivity contribution in [3.8, 4) is 11.6 Å². The molecule has 8 heteroatoms. The smallest absolute Gasteiger partial charge is 0.503 e.